The molecule has 1 aromatic heterocycles. The predicted molar refractivity (Wildman–Crippen MR) is 94.9 cm³/mol. The summed E-state index contributed by atoms with van der Waals surface area (Å²) in [6.07, 6.45) is 4.96. The van der Waals surface area contributed by atoms with Crippen LogP contribution in [0.2, 0.25) is 10.0 Å². The third kappa shape index (κ3) is 2.84. The van der Waals surface area contributed by atoms with Crippen molar-refractivity contribution >= 4 is 29.0 Å². The van der Waals surface area contributed by atoms with E-state index in [0.717, 1.165) is 31.0 Å². The highest BCUT2D eigenvalue weighted by Gasteiger charge is 2.25. The fraction of sp³-hybridized carbons (Fsp3) is 0.471. The van der Waals surface area contributed by atoms with Crippen LogP contribution in [0, 0.1) is 0 Å². The van der Waals surface area contributed by atoms with Gasteiger partial charge in [-0.25, -0.2) is 4.68 Å². The lowest BCUT2D eigenvalue weighted by molar-refractivity contribution is 0.217. The van der Waals surface area contributed by atoms with Crippen LogP contribution in [0.15, 0.2) is 18.2 Å². The summed E-state index contributed by atoms with van der Waals surface area (Å²) < 4.78 is 1.93. The number of aromatic nitrogens is 2. The minimum absolute atomic E-state index is 0.553. The molecule has 1 fully saturated rings. The third-order valence-corrected chi connectivity index (χ3v) is 5.52. The number of fused-ring (bicyclic) bond motifs is 1. The molecule has 1 aromatic carbocycles. The highest BCUT2D eigenvalue weighted by molar-refractivity contribution is 6.43. The molecule has 23 heavy (non-hydrogen) atoms. The molecule has 122 valence electrons. The van der Waals surface area contributed by atoms with Crippen LogP contribution in [0.5, 0.6) is 0 Å². The molecule has 2 aromatic rings. The van der Waals surface area contributed by atoms with Crippen LogP contribution < -0.4 is 5.32 Å². The van der Waals surface area contributed by atoms with Gasteiger partial charge in [-0.05, 0) is 44.5 Å². The van der Waals surface area contributed by atoms with Crippen molar-refractivity contribution in [3.05, 3.63) is 39.5 Å². The largest absolute Gasteiger partial charge is 0.369 e. The van der Waals surface area contributed by atoms with Crippen LogP contribution in [0.4, 0.5) is 5.82 Å². The van der Waals surface area contributed by atoms with Crippen molar-refractivity contribution in [3.8, 4) is 5.69 Å². The first-order chi connectivity index (χ1) is 11.2. The monoisotopic (exact) mass is 350 g/mol. The van der Waals surface area contributed by atoms with Crippen LogP contribution >= 0.6 is 23.2 Å². The Morgan fingerprint density at radius 3 is 2.78 bits per heavy atom. The zero-order valence-electron chi connectivity index (χ0n) is 13.0. The molecule has 0 radical (unpaired) electrons. The lowest BCUT2D eigenvalue weighted by Gasteiger charge is -2.25. The topological polar surface area (TPSA) is 33.1 Å². The molecule has 0 amide bonds. The summed E-state index contributed by atoms with van der Waals surface area (Å²) in [5, 5.41) is 9.43. The number of likely N-dealkylation sites (tertiary alicyclic amines) is 1. The molecule has 6 heteroatoms. The van der Waals surface area contributed by atoms with Crippen LogP contribution in [-0.2, 0) is 13.0 Å². The van der Waals surface area contributed by atoms with Crippen LogP contribution in [-0.4, -0.2) is 34.3 Å². The molecular weight excluding hydrogens is 331 g/mol. The van der Waals surface area contributed by atoms with Crippen molar-refractivity contribution in [2.45, 2.75) is 32.2 Å². The van der Waals surface area contributed by atoms with E-state index in [1.54, 1.807) is 6.07 Å². The number of hydrogen-bond donors (Lipinski definition) is 1. The summed E-state index contributed by atoms with van der Waals surface area (Å²) in [6.45, 7) is 4.23. The molecule has 0 atom stereocenters. The molecule has 0 bridgehead atoms. The fourth-order valence-electron chi connectivity index (χ4n) is 3.53. The van der Waals surface area contributed by atoms with Crippen molar-refractivity contribution < 1.29 is 0 Å². The maximum atomic E-state index is 6.40. The van der Waals surface area contributed by atoms with Gasteiger partial charge in [0.25, 0.3) is 0 Å². The fourth-order valence-corrected chi connectivity index (χ4v) is 3.91. The molecule has 0 unspecified atom stereocenters. The van der Waals surface area contributed by atoms with E-state index in [2.05, 4.69) is 10.2 Å². The molecule has 3 heterocycles. The van der Waals surface area contributed by atoms with Gasteiger partial charge in [-0.2, -0.15) is 5.10 Å². The highest BCUT2D eigenvalue weighted by atomic mass is 35.5. The van der Waals surface area contributed by atoms with Crippen LogP contribution in [0.25, 0.3) is 5.69 Å². The first-order valence-electron chi connectivity index (χ1n) is 8.25. The number of hydrogen-bond acceptors (Lipinski definition) is 3. The quantitative estimate of drug-likeness (QED) is 0.903. The first kappa shape index (κ1) is 15.3. The van der Waals surface area contributed by atoms with Gasteiger partial charge in [0.2, 0.25) is 0 Å². The Morgan fingerprint density at radius 1 is 1.13 bits per heavy atom. The van der Waals surface area contributed by atoms with Gasteiger partial charge in [0.1, 0.15) is 5.82 Å². The molecule has 4 rings (SSSR count). The number of anilines is 1. The Morgan fingerprint density at radius 2 is 1.96 bits per heavy atom. The van der Waals surface area contributed by atoms with Crippen LogP contribution in [0.3, 0.4) is 0 Å². The molecule has 2 aliphatic rings. The number of nitrogens with zero attached hydrogens (tertiary/aromatic N) is 3. The maximum absolute atomic E-state index is 6.40. The van der Waals surface area contributed by atoms with Gasteiger partial charge in [-0.3, -0.25) is 4.90 Å². The normalized spacial score (nSPS) is 18.0. The predicted octanol–water partition coefficient (Wildman–Crippen LogP) is 4.13. The number of nitrogens with one attached hydrogen (secondary N) is 1. The lowest BCUT2D eigenvalue weighted by atomic mass is 10.1. The third-order valence-electron chi connectivity index (χ3n) is 4.72. The second kappa shape index (κ2) is 6.34. The Bertz CT molecular complexity index is 720. The van der Waals surface area contributed by atoms with E-state index >= 15 is 0 Å². The van der Waals surface area contributed by atoms with Crippen molar-refractivity contribution in [1.29, 1.82) is 0 Å². The standard InChI is InChI=1S/C17H20Cl2N4/c18-13-5-4-6-15(16(13)19)23-17-12(7-8-20-17)14(21-23)11-22-9-2-1-3-10-22/h4-6,20H,1-3,7-11H2. The molecule has 1 N–H and O–H groups in total. The van der Waals surface area contributed by atoms with E-state index in [-0.39, 0.29) is 0 Å². The first-order valence-corrected chi connectivity index (χ1v) is 9.01. The molecule has 0 saturated carbocycles. The molecule has 0 spiro atoms. The van der Waals surface area contributed by atoms with Crippen molar-refractivity contribution in [3.63, 3.8) is 0 Å². The van der Waals surface area contributed by atoms with Crippen molar-refractivity contribution in [1.82, 2.24) is 14.7 Å². The number of rotatable bonds is 3. The van der Waals surface area contributed by atoms with Crippen LogP contribution in [0.1, 0.15) is 30.5 Å². The number of benzene rings is 1. The Balaban J connectivity index is 1.71. The van der Waals surface area contributed by atoms with Crippen molar-refractivity contribution in [2.75, 3.05) is 25.0 Å². The maximum Gasteiger partial charge on any atom is 0.133 e. The van der Waals surface area contributed by atoms with E-state index < -0.39 is 0 Å². The Labute approximate surface area is 146 Å². The summed E-state index contributed by atoms with van der Waals surface area (Å²) >= 11 is 12.6. The SMILES string of the molecule is Clc1cccc(-n2nc(CN3CCCCC3)c3c2NCC3)c1Cl. The smallest absolute Gasteiger partial charge is 0.133 e. The Kier molecular flexibility index (Phi) is 4.22. The lowest BCUT2D eigenvalue weighted by Crippen LogP contribution is -2.29. The summed E-state index contributed by atoms with van der Waals surface area (Å²) in [5.74, 6) is 1.07. The minimum atomic E-state index is 0.553. The summed E-state index contributed by atoms with van der Waals surface area (Å²) in [5.41, 5.74) is 3.34. The molecular formula is C17H20Cl2N4. The summed E-state index contributed by atoms with van der Waals surface area (Å²) in [7, 11) is 0. The highest BCUT2D eigenvalue weighted by Crippen LogP contribution is 2.34. The van der Waals surface area contributed by atoms with Gasteiger partial charge < -0.3 is 5.32 Å². The second-order valence-corrected chi connectivity index (χ2v) is 7.06. The van der Waals surface area contributed by atoms with Gasteiger partial charge in [-0.15, -0.1) is 0 Å². The number of piperidine rings is 1. The molecule has 0 aliphatic carbocycles. The van der Waals surface area contributed by atoms with E-state index in [9.17, 15) is 0 Å². The van der Waals surface area contributed by atoms with E-state index in [0.29, 0.717) is 10.0 Å². The zero-order chi connectivity index (χ0) is 15.8. The van der Waals surface area contributed by atoms with Gasteiger partial charge in [0, 0.05) is 18.7 Å². The average Bonchev–Trinajstić information content (AvgIpc) is 3.15. The molecule has 4 nitrogen and oxygen atoms in total. The van der Waals surface area contributed by atoms with E-state index in [4.69, 9.17) is 28.3 Å². The molecule has 1 saturated heterocycles. The average molecular weight is 351 g/mol. The van der Waals surface area contributed by atoms with Gasteiger partial charge in [-0.1, -0.05) is 35.7 Å². The minimum Gasteiger partial charge on any atom is -0.369 e. The molecule has 2 aliphatic heterocycles. The van der Waals surface area contributed by atoms with Gasteiger partial charge in [0.15, 0.2) is 0 Å². The summed E-state index contributed by atoms with van der Waals surface area (Å²) in [6, 6.07) is 5.68. The van der Waals surface area contributed by atoms with Gasteiger partial charge >= 0.3 is 0 Å². The summed E-state index contributed by atoms with van der Waals surface area (Å²) in [4.78, 5) is 2.51. The zero-order valence-corrected chi connectivity index (χ0v) is 14.5. The van der Waals surface area contributed by atoms with E-state index in [1.165, 1.54) is 43.6 Å². The number of halogens is 2. The van der Waals surface area contributed by atoms with Gasteiger partial charge in [0.05, 0.1) is 21.4 Å². The Hall–Kier alpha value is -1.23. The van der Waals surface area contributed by atoms with E-state index in [1.807, 2.05) is 16.8 Å². The van der Waals surface area contributed by atoms with Crippen molar-refractivity contribution in [2.24, 2.45) is 0 Å². The second-order valence-electron chi connectivity index (χ2n) is 6.27.